The number of halogens is 1. The third-order valence-electron chi connectivity index (χ3n) is 12.4. The molecular weight excluding hydrogens is 1050 g/mol. The molecule has 0 fully saturated rings. The molecular formula is C63H58ClN9O8. The van der Waals surface area contributed by atoms with Gasteiger partial charge in [-0.25, -0.2) is 28.6 Å². The number of anilines is 1. The normalized spacial score (nSPS) is 10.8. The van der Waals surface area contributed by atoms with E-state index in [0.717, 1.165) is 56.9 Å². The SMILES string of the molecule is CCOC(=O)c1cc(=O)[nH]c2c1c(C)nn2Cc1ccc(Oc2ccccc2)cc1.CCOC(=O)c1cc(Cl)nc2c1c(C)nn2Cc1ccc(Oc2ccccc2)cc1.Cc1cc(N)n(Cc2ccc(Oc3ccccc3)cc2)n1. The summed E-state index contributed by atoms with van der Waals surface area (Å²) in [6, 6.07) is 56.9. The molecule has 410 valence electrons. The van der Waals surface area contributed by atoms with E-state index in [9.17, 15) is 14.4 Å². The smallest absolute Gasteiger partial charge is 0.339 e. The summed E-state index contributed by atoms with van der Waals surface area (Å²) in [6.45, 7) is 11.1. The fraction of sp³-hybridized carbons (Fsp3) is 0.159. The number of esters is 2. The molecule has 11 aromatic rings. The van der Waals surface area contributed by atoms with Crippen LogP contribution in [0.1, 0.15) is 68.3 Å². The van der Waals surface area contributed by atoms with Crippen LogP contribution in [-0.4, -0.2) is 64.5 Å². The lowest BCUT2D eigenvalue weighted by Gasteiger charge is -2.08. The minimum Gasteiger partial charge on any atom is -0.462 e. The van der Waals surface area contributed by atoms with E-state index in [0.29, 0.717) is 64.5 Å². The first-order valence-corrected chi connectivity index (χ1v) is 26.4. The van der Waals surface area contributed by atoms with Gasteiger partial charge in [-0.2, -0.15) is 15.3 Å². The third-order valence-corrected chi connectivity index (χ3v) is 12.6. The van der Waals surface area contributed by atoms with E-state index in [1.807, 2.05) is 184 Å². The van der Waals surface area contributed by atoms with Crippen LogP contribution in [0.25, 0.3) is 22.1 Å². The van der Waals surface area contributed by atoms with Gasteiger partial charge in [-0.1, -0.05) is 103 Å². The van der Waals surface area contributed by atoms with Gasteiger partial charge in [-0.3, -0.25) is 4.79 Å². The van der Waals surface area contributed by atoms with Gasteiger partial charge in [0.05, 0.1) is 71.8 Å². The van der Waals surface area contributed by atoms with Crippen LogP contribution in [0.4, 0.5) is 5.82 Å². The molecule has 0 aliphatic carbocycles. The molecule has 18 heteroatoms. The molecule has 17 nitrogen and oxygen atoms in total. The summed E-state index contributed by atoms with van der Waals surface area (Å²) in [5, 5.41) is 14.9. The number of nitrogen functional groups attached to an aromatic ring is 1. The molecule has 11 rings (SSSR count). The molecule has 0 saturated heterocycles. The predicted molar refractivity (Wildman–Crippen MR) is 312 cm³/mol. The fourth-order valence-electron chi connectivity index (χ4n) is 8.75. The van der Waals surface area contributed by atoms with Crippen molar-refractivity contribution in [1.29, 1.82) is 0 Å². The fourth-order valence-corrected chi connectivity index (χ4v) is 8.94. The van der Waals surface area contributed by atoms with Gasteiger partial charge in [0.25, 0.3) is 0 Å². The summed E-state index contributed by atoms with van der Waals surface area (Å²) in [7, 11) is 0. The Kier molecular flexibility index (Phi) is 18.0. The molecule has 0 bridgehead atoms. The van der Waals surface area contributed by atoms with Crippen LogP contribution in [0.5, 0.6) is 34.5 Å². The monoisotopic (exact) mass is 1100 g/mol. The van der Waals surface area contributed by atoms with E-state index in [-0.39, 0.29) is 29.5 Å². The van der Waals surface area contributed by atoms with Crippen molar-refractivity contribution in [2.75, 3.05) is 18.9 Å². The zero-order valence-corrected chi connectivity index (χ0v) is 46.0. The molecule has 81 heavy (non-hydrogen) atoms. The largest absolute Gasteiger partial charge is 0.462 e. The molecule has 0 amide bonds. The average Bonchev–Trinajstić information content (AvgIpc) is 4.33. The van der Waals surface area contributed by atoms with Crippen molar-refractivity contribution in [3.8, 4) is 34.5 Å². The number of aryl methyl sites for hydroxylation is 3. The van der Waals surface area contributed by atoms with Crippen molar-refractivity contribution < 1.29 is 33.3 Å². The van der Waals surface area contributed by atoms with E-state index >= 15 is 0 Å². The lowest BCUT2D eigenvalue weighted by molar-refractivity contribution is 0.0519. The molecule has 0 radical (unpaired) electrons. The summed E-state index contributed by atoms with van der Waals surface area (Å²) >= 11 is 6.17. The maximum Gasteiger partial charge on any atom is 0.339 e. The lowest BCUT2D eigenvalue weighted by Crippen LogP contribution is -2.14. The molecule has 6 aromatic carbocycles. The van der Waals surface area contributed by atoms with E-state index < -0.39 is 11.9 Å². The number of hydrogen-bond acceptors (Lipinski definition) is 13. The Labute approximate surface area is 472 Å². The Morgan fingerprint density at radius 2 is 0.901 bits per heavy atom. The summed E-state index contributed by atoms with van der Waals surface area (Å²) in [5.41, 5.74) is 12.6. The molecule has 3 N–H and O–H groups in total. The first-order valence-electron chi connectivity index (χ1n) is 26.0. The number of nitrogens with one attached hydrogen (secondary N) is 1. The number of rotatable bonds is 16. The average molecular weight is 1100 g/mol. The number of pyridine rings is 2. The maximum atomic E-state index is 12.4. The number of ether oxygens (including phenoxy) is 5. The Morgan fingerprint density at radius 1 is 0.506 bits per heavy atom. The number of H-pyrrole nitrogens is 1. The van der Waals surface area contributed by atoms with Crippen LogP contribution in [0.15, 0.2) is 187 Å². The maximum absolute atomic E-state index is 12.4. The zero-order valence-electron chi connectivity index (χ0n) is 45.2. The quantitative estimate of drug-likeness (QED) is 0.0683. The number of nitrogens with zero attached hydrogens (tertiary/aromatic N) is 7. The second kappa shape index (κ2) is 26.1. The number of aromatic amines is 1. The predicted octanol–water partition coefficient (Wildman–Crippen LogP) is 13.1. The molecule has 0 atom stereocenters. The van der Waals surface area contributed by atoms with Crippen molar-refractivity contribution in [2.45, 2.75) is 54.3 Å². The number of fused-ring (bicyclic) bond motifs is 2. The van der Waals surface area contributed by atoms with Crippen LogP contribution in [-0.2, 0) is 29.1 Å². The van der Waals surface area contributed by atoms with E-state index in [1.54, 1.807) is 34.8 Å². The summed E-state index contributed by atoms with van der Waals surface area (Å²) < 4.78 is 32.9. The lowest BCUT2D eigenvalue weighted by atomic mass is 10.1. The van der Waals surface area contributed by atoms with Crippen LogP contribution < -0.4 is 25.5 Å². The van der Waals surface area contributed by atoms with Gasteiger partial charge < -0.3 is 34.4 Å². The Hall–Kier alpha value is -10.0. The highest BCUT2D eigenvalue weighted by molar-refractivity contribution is 6.30. The Balaban J connectivity index is 0.000000149. The second-order valence-corrected chi connectivity index (χ2v) is 18.8. The molecule has 0 saturated carbocycles. The van der Waals surface area contributed by atoms with Crippen molar-refractivity contribution >= 4 is 51.4 Å². The van der Waals surface area contributed by atoms with Crippen LogP contribution in [0, 0.1) is 20.8 Å². The second-order valence-electron chi connectivity index (χ2n) is 18.4. The summed E-state index contributed by atoms with van der Waals surface area (Å²) in [6.07, 6.45) is 0. The Morgan fingerprint density at radius 3 is 1.33 bits per heavy atom. The number of aromatic nitrogens is 8. The van der Waals surface area contributed by atoms with Crippen LogP contribution in [0.2, 0.25) is 5.15 Å². The molecule has 0 aliphatic rings. The van der Waals surface area contributed by atoms with Gasteiger partial charge in [-0.05, 0) is 130 Å². The minimum atomic E-state index is -0.529. The van der Waals surface area contributed by atoms with Gasteiger partial charge in [-0.15, -0.1) is 0 Å². The first kappa shape index (κ1) is 55.7. The van der Waals surface area contributed by atoms with Gasteiger partial charge in [0.2, 0.25) is 5.56 Å². The molecule has 0 aliphatic heterocycles. The standard InChI is InChI=1S/C23H20ClN3O3.C23H21N3O4.C17H17N3O/c1-3-29-23(28)19-13-20(24)25-22-21(19)15(2)26-27(22)14-16-9-11-18(12-10-16)30-17-7-5-4-6-8-17;1-3-29-23(28)19-13-20(27)24-22-21(19)15(2)25-26(22)14-16-9-11-18(12-10-16)30-17-7-5-4-6-8-17;1-13-11-17(18)20(19-13)12-14-7-9-16(10-8-14)21-15-5-3-2-4-6-15/h4-13H,3,14H2,1-2H3;4-13H,3,14H2,1-2H3,(H,24,27);2-11H,12,18H2,1H3. The van der Waals surface area contributed by atoms with E-state index in [2.05, 4.69) is 25.3 Å². The van der Waals surface area contributed by atoms with E-state index in [4.69, 9.17) is 41.0 Å². The topological polar surface area (TPSA) is 206 Å². The molecule has 5 aromatic heterocycles. The van der Waals surface area contributed by atoms with Crippen LogP contribution in [0.3, 0.4) is 0 Å². The first-order chi connectivity index (χ1) is 39.3. The van der Waals surface area contributed by atoms with Gasteiger partial charge in [0.15, 0.2) is 5.65 Å². The van der Waals surface area contributed by atoms with Crippen molar-refractivity contribution in [1.82, 2.24) is 39.3 Å². The summed E-state index contributed by atoms with van der Waals surface area (Å²) in [4.78, 5) is 44.0. The van der Waals surface area contributed by atoms with E-state index in [1.165, 1.54) is 12.1 Å². The highest BCUT2D eigenvalue weighted by Crippen LogP contribution is 2.29. The number of benzene rings is 6. The Bertz CT molecular complexity index is 3960. The van der Waals surface area contributed by atoms with Gasteiger partial charge in [0, 0.05) is 12.1 Å². The zero-order chi connectivity index (χ0) is 56.8. The number of carbonyl (C=O) groups is 2. The van der Waals surface area contributed by atoms with Crippen LogP contribution >= 0.6 is 11.6 Å². The molecule has 0 spiro atoms. The van der Waals surface area contributed by atoms with Crippen molar-refractivity contribution in [3.05, 3.63) is 242 Å². The molecule has 0 unspecified atom stereocenters. The number of carbonyl (C=O) groups excluding carboxylic acids is 2. The number of nitrogens with two attached hydrogens (primary N) is 1. The third kappa shape index (κ3) is 14.4. The number of para-hydroxylation sites is 3. The van der Waals surface area contributed by atoms with Crippen molar-refractivity contribution in [2.24, 2.45) is 0 Å². The van der Waals surface area contributed by atoms with Crippen molar-refractivity contribution in [3.63, 3.8) is 0 Å². The van der Waals surface area contributed by atoms with Gasteiger partial charge >= 0.3 is 11.9 Å². The van der Waals surface area contributed by atoms with Gasteiger partial charge in [0.1, 0.15) is 51.1 Å². The molecule has 5 heterocycles. The number of hydrogen-bond donors (Lipinski definition) is 2. The minimum absolute atomic E-state index is 0.221. The summed E-state index contributed by atoms with van der Waals surface area (Å²) in [5.74, 6) is 4.38. The highest BCUT2D eigenvalue weighted by Gasteiger charge is 2.22. The highest BCUT2D eigenvalue weighted by atomic mass is 35.5.